The number of carbonyl (C=O) groups is 1. The highest BCUT2D eigenvalue weighted by Crippen LogP contribution is 2.35. The van der Waals surface area contributed by atoms with Crippen molar-refractivity contribution in [2.45, 2.75) is 44.3 Å². The highest BCUT2D eigenvalue weighted by Gasteiger charge is 2.36. The van der Waals surface area contributed by atoms with E-state index in [4.69, 9.17) is 0 Å². The Hall–Kier alpha value is -2.82. The summed E-state index contributed by atoms with van der Waals surface area (Å²) in [6.45, 7) is 3.33. The van der Waals surface area contributed by atoms with Crippen LogP contribution in [-0.4, -0.2) is 30.8 Å². The number of hydrogen-bond acceptors (Lipinski definition) is 5. The van der Waals surface area contributed by atoms with Gasteiger partial charge in [0.15, 0.2) is 5.82 Å². The minimum Gasteiger partial charge on any atom is -0.324 e. The van der Waals surface area contributed by atoms with E-state index in [9.17, 15) is 22.8 Å². The predicted molar refractivity (Wildman–Crippen MR) is 117 cm³/mol. The summed E-state index contributed by atoms with van der Waals surface area (Å²) < 4.78 is 42.7. The van der Waals surface area contributed by atoms with Crippen molar-refractivity contribution in [1.82, 2.24) is 19.1 Å². The number of thioether (sulfide) groups is 1. The molecule has 1 aliphatic rings. The minimum atomic E-state index is -4.68. The SMILES string of the molecule is CCSc1cc(NC(=O)C2CC2)cnc1-c1nc2cc(C(F)(F)F)n(CC)c(=O)c2n1C. The summed E-state index contributed by atoms with van der Waals surface area (Å²) in [5.74, 6) is 0.990. The Labute approximate surface area is 186 Å². The molecule has 3 aromatic heterocycles. The van der Waals surface area contributed by atoms with Gasteiger partial charge in [0.25, 0.3) is 5.56 Å². The lowest BCUT2D eigenvalue weighted by atomic mass is 10.3. The Balaban J connectivity index is 1.85. The Kier molecular flexibility index (Phi) is 5.78. The van der Waals surface area contributed by atoms with Crippen LogP contribution in [-0.2, 0) is 24.6 Å². The summed E-state index contributed by atoms with van der Waals surface area (Å²) in [6, 6.07) is 2.68. The monoisotopic (exact) mass is 465 g/mol. The molecular weight excluding hydrogens is 443 g/mol. The first kappa shape index (κ1) is 22.4. The maximum absolute atomic E-state index is 13.5. The number of amides is 1. The number of carbonyl (C=O) groups excluding carboxylic acids is 1. The van der Waals surface area contributed by atoms with Gasteiger partial charge in [0, 0.05) is 24.4 Å². The summed E-state index contributed by atoms with van der Waals surface area (Å²) in [5, 5.41) is 2.85. The molecule has 1 amide bonds. The minimum absolute atomic E-state index is 0.0371. The van der Waals surface area contributed by atoms with Gasteiger partial charge in [0.1, 0.15) is 16.9 Å². The molecule has 0 bridgehead atoms. The molecule has 7 nitrogen and oxygen atoms in total. The quantitative estimate of drug-likeness (QED) is 0.549. The Morgan fingerprint density at radius 2 is 2.00 bits per heavy atom. The van der Waals surface area contributed by atoms with E-state index >= 15 is 0 Å². The largest absolute Gasteiger partial charge is 0.431 e. The van der Waals surface area contributed by atoms with Crippen molar-refractivity contribution in [3.05, 3.63) is 34.4 Å². The van der Waals surface area contributed by atoms with E-state index in [2.05, 4.69) is 15.3 Å². The lowest BCUT2D eigenvalue weighted by Crippen LogP contribution is -2.28. The van der Waals surface area contributed by atoms with Gasteiger partial charge in [0.05, 0.1) is 17.4 Å². The summed E-state index contributed by atoms with van der Waals surface area (Å²) in [6.07, 6.45) is -1.42. The van der Waals surface area contributed by atoms with Gasteiger partial charge < -0.3 is 14.5 Å². The Morgan fingerprint density at radius 1 is 1.28 bits per heavy atom. The molecule has 3 aromatic rings. The number of nitrogens with one attached hydrogen (secondary N) is 1. The molecule has 0 atom stereocenters. The second-order valence-corrected chi connectivity index (χ2v) is 8.88. The molecule has 32 heavy (non-hydrogen) atoms. The fourth-order valence-electron chi connectivity index (χ4n) is 3.61. The van der Waals surface area contributed by atoms with Crippen molar-refractivity contribution in [2.75, 3.05) is 11.1 Å². The second-order valence-electron chi connectivity index (χ2n) is 7.57. The third-order valence-electron chi connectivity index (χ3n) is 5.32. The molecule has 170 valence electrons. The number of aryl methyl sites for hydroxylation is 1. The molecule has 0 saturated heterocycles. The zero-order chi connectivity index (χ0) is 23.2. The number of anilines is 1. The van der Waals surface area contributed by atoms with Crippen molar-refractivity contribution in [3.8, 4) is 11.5 Å². The summed E-state index contributed by atoms with van der Waals surface area (Å²) in [4.78, 5) is 34.5. The van der Waals surface area contributed by atoms with Crippen LogP contribution < -0.4 is 10.9 Å². The third-order valence-corrected chi connectivity index (χ3v) is 6.23. The van der Waals surface area contributed by atoms with Crippen molar-refractivity contribution in [3.63, 3.8) is 0 Å². The first-order valence-electron chi connectivity index (χ1n) is 10.3. The van der Waals surface area contributed by atoms with Gasteiger partial charge in [0.2, 0.25) is 5.91 Å². The van der Waals surface area contributed by atoms with Crippen LogP contribution in [0.2, 0.25) is 0 Å². The average molecular weight is 466 g/mol. The number of halogens is 3. The fourth-order valence-corrected chi connectivity index (χ4v) is 4.42. The zero-order valence-electron chi connectivity index (χ0n) is 17.8. The number of alkyl halides is 3. The van der Waals surface area contributed by atoms with E-state index in [0.717, 1.165) is 18.9 Å². The Morgan fingerprint density at radius 3 is 2.59 bits per heavy atom. The van der Waals surface area contributed by atoms with Gasteiger partial charge in [-0.3, -0.25) is 9.59 Å². The average Bonchev–Trinajstić information content (AvgIpc) is 3.52. The van der Waals surface area contributed by atoms with E-state index < -0.39 is 17.4 Å². The van der Waals surface area contributed by atoms with Crippen molar-refractivity contribution in [2.24, 2.45) is 13.0 Å². The molecule has 0 aliphatic heterocycles. The first-order chi connectivity index (χ1) is 15.2. The summed E-state index contributed by atoms with van der Waals surface area (Å²) >= 11 is 1.47. The molecule has 1 N–H and O–H groups in total. The molecule has 1 fully saturated rings. The molecule has 1 aliphatic carbocycles. The number of pyridine rings is 2. The Bertz CT molecular complexity index is 1260. The van der Waals surface area contributed by atoms with Gasteiger partial charge >= 0.3 is 6.18 Å². The van der Waals surface area contributed by atoms with Gasteiger partial charge in [-0.25, -0.2) is 9.97 Å². The van der Waals surface area contributed by atoms with Gasteiger partial charge in [-0.1, -0.05) is 6.92 Å². The zero-order valence-corrected chi connectivity index (χ0v) is 18.6. The van der Waals surface area contributed by atoms with Crippen LogP contribution in [0.25, 0.3) is 22.6 Å². The second kappa shape index (κ2) is 8.27. The van der Waals surface area contributed by atoms with Crippen LogP contribution >= 0.6 is 11.8 Å². The van der Waals surface area contributed by atoms with E-state index in [1.165, 1.54) is 29.4 Å². The van der Waals surface area contributed by atoms with Crippen LogP contribution in [0.5, 0.6) is 0 Å². The summed E-state index contributed by atoms with van der Waals surface area (Å²) in [7, 11) is 1.59. The van der Waals surface area contributed by atoms with Crippen molar-refractivity contribution >= 4 is 34.4 Å². The van der Waals surface area contributed by atoms with E-state index in [1.807, 2.05) is 6.92 Å². The third kappa shape index (κ3) is 4.01. The van der Waals surface area contributed by atoms with Crippen LogP contribution in [0.15, 0.2) is 28.0 Å². The van der Waals surface area contributed by atoms with Gasteiger partial charge in [-0.15, -0.1) is 11.8 Å². The van der Waals surface area contributed by atoms with E-state index in [0.29, 0.717) is 26.6 Å². The molecule has 1 saturated carbocycles. The van der Waals surface area contributed by atoms with E-state index in [-0.39, 0.29) is 35.2 Å². The number of fused-ring (bicyclic) bond motifs is 1. The molecule has 11 heteroatoms. The van der Waals surface area contributed by atoms with Crippen molar-refractivity contribution < 1.29 is 18.0 Å². The number of nitrogens with zero attached hydrogens (tertiary/aromatic N) is 4. The molecule has 0 aromatic carbocycles. The van der Waals surface area contributed by atoms with Crippen LogP contribution in [0, 0.1) is 5.92 Å². The number of hydrogen-bond donors (Lipinski definition) is 1. The van der Waals surface area contributed by atoms with Crippen LogP contribution in [0.4, 0.5) is 18.9 Å². The lowest BCUT2D eigenvalue weighted by molar-refractivity contribution is -0.144. The standard InChI is InChI=1S/C21H22F3N5O2S/c1-4-29-15(21(22,23)24)9-13-17(20(29)31)28(3)18(27-13)16-14(32-5-2)8-12(10-25-16)26-19(30)11-6-7-11/h8-11H,4-7H2,1-3H3,(H,26,30). The maximum atomic E-state index is 13.5. The molecule has 3 heterocycles. The van der Waals surface area contributed by atoms with Gasteiger partial charge in [-0.05, 0) is 37.7 Å². The molecular formula is C21H22F3N5O2S. The number of rotatable bonds is 6. The fraction of sp³-hybridized carbons (Fsp3) is 0.429. The maximum Gasteiger partial charge on any atom is 0.431 e. The topological polar surface area (TPSA) is 81.8 Å². The molecule has 0 unspecified atom stereocenters. The van der Waals surface area contributed by atoms with Gasteiger partial charge in [-0.2, -0.15) is 13.2 Å². The normalized spacial score (nSPS) is 14.2. The number of imidazole rings is 1. The van der Waals surface area contributed by atoms with Crippen LogP contribution in [0.3, 0.4) is 0 Å². The smallest absolute Gasteiger partial charge is 0.324 e. The highest BCUT2D eigenvalue weighted by molar-refractivity contribution is 7.99. The highest BCUT2D eigenvalue weighted by atomic mass is 32.2. The molecule has 0 radical (unpaired) electrons. The summed E-state index contributed by atoms with van der Waals surface area (Å²) in [5.41, 5.74) is -0.753. The molecule has 4 rings (SSSR count). The van der Waals surface area contributed by atoms with Crippen molar-refractivity contribution in [1.29, 1.82) is 0 Å². The van der Waals surface area contributed by atoms with Crippen LogP contribution in [0.1, 0.15) is 32.4 Å². The molecule has 0 spiro atoms. The predicted octanol–water partition coefficient (Wildman–Crippen LogP) is 4.30. The van der Waals surface area contributed by atoms with E-state index in [1.54, 1.807) is 13.1 Å². The first-order valence-corrected chi connectivity index (χ1v) is 11.3. The lowest BCUT2D eigenvalue weighted by Gasteiger charge is -2.14. The number of aromatic nitrogens is 4.